The quantitative estimate of drug-likeness (QED) is 0.738. The Kier molecular flexibility index (Phi) is 3.41. The molecule has 0 saturated heterocycles. The molecule has 1 aromatic carbocycles. The molecule has 2 aliphatic rings. The molecule has 1 amide bonds. The maximum absolute atomic E-state index is 12.0. The Labute approximate surface area is 134 Å². The number of rotatable bonds is 1. The Hall–Kier alpha value is -1.26. The molecule has 5 heteroatoms. The monoisotopic (exact) mass is 320 g/mol. The molecule has 0 unspecified atom stereocenters. The van der Waals surface area contributed by atoms with E-state index in [2.05, 4.69) is 31.9 Å². The number of carbonyl (C=O) groups excluding carboxylic acids is 1. The van der Waals surface area contributed by atoms with E-state index in [1.165, 1.54) is 21.7 Å². The third kappa shape index (κ3) is 2.21. The van der Waals surface area contributed by atoms with Gasteiger partial charge in [-0.1, -0.05) is 31.5 Å². The van der Waals surface area contributed by atoms with Crippen LogP contribution in [-0.4, -0.2) is 29.9 Å². The SMILES string of the molecule is Cc1c(/C(Cl)=C2\C=NN(C)C2=O)ccc2c1C(C)(C)CS2. The molecule has 110 valence electrons. The zero-order valence-corrected chi connectivity index (χ0v) is 14.1. The Balaban J connectivity index is 2.16. The van der Waals surface area contributed by atoms with Crippen molar-refractivity contribution in [3.63, 3.8) is 0 Å². The minimum Gasteiger partial charge on any atom is -0.267 e. The highest BCUT2D eigenvalue weighted by molar-refractivity contribution is 7.99. The fourth-order valence-electron chi connectivity index (χ4n) is 2.94. The smallest absolute Gasteiger partial charge is 0.267 e. The standard InChI is InChI=1S/C16H17ClN2OS/c1-9-10(14(17)11-7-18-19(4)15(11)20)5-6-12-13(9)16(2,3)8-21-12/h5-7H,8H2,1-4H3/b14-11-. The van der Waals surface area contributed by atoms with E-state index in [1.54, 1.807) is 7.05 Å². The first-order valence-electron chi connectivity index (χ1n) is 6.82. The van der Waals surface area contributed by atoms with E-state index in [0.717, 1.165) is 16.9 Å². The van der Waals surface area contributed by atoms with Crippen LogP contribution in [0.3, 0.4) is 0 Å². The number of thioether (sulfide) groups is 1. The predicted molar refractivity (Wildman–Crippen MR) is 89.0 cm³/mol. The van der Waals surface area contributed by atoms with Crippen LogP contribution in [0.2, 0.25) is 0 Å². The number of nitrogens with zero attached hydrogens (tertiary/aromatic N) is 2. The molecule has 0 N–H and O–H groups in total. The fraction of sp³-hybridized carbons (Fsp3) is 0.375. The van der Waals surface area contributed by atoms with E-state index >= 15 is 0 Å². The van der Waals surface area contributed by atoms with E-state index in [-0.39, 0.29) is 11.3 Å². The molecule has 2 aliphatic heterocycles. The summed E-state index contributed by atoms with van der Waals surface area (Å²) in [5, 5.41) is 5.78. The summed E-state index contributed by atoms with van der Waals surface area (Å²) in [5.74, 6) is 0.915. The van der Waals surface area contributed by atoms with Crippen molar-refractivity contribution in [2.45, 2.75) is 31.1 Å². The normalized spacial score (nSPS) is 22.0. The van der Waals surface area contributed by atoms with Crippen molar-refractivity contribution >= 4 is 40.5 Å². The Morgan fingerprint density at radius 3 is 2.76 bits per heavy atom. The first-order valence-corrected chi connectivity index (χ1v) is 8.18. The lowest BCUT2D eigenvalue weighted by molar-refractivity contribution is -0.124. The van der Waals surface area contributed by atoms with Gasteiger partial charge in [0.25, 0.3) is 5.91 Å². The van der Waals surface area contributed by atoms with Crippen LogP contribution in [0.25, 0.3) is 5.03 Å². The minimum atomic E-state index is -0.159. The van der Waals surface area contributed by atoms with Crippen LogP contribution in [-0.2, 0) is 10.2 Å². The summed E-state index contributed by atoms with van der Waals surface area (Å²) >= 11 is 8.39. The molecular formula is C16H17ClN2OS. The average Bonchev–Trinajstić information content (AvgIpc) is 2.91. The van der Waals surface area contributed by atoms with Crippen LogP contribution in [0.1, 0.15) is 30.5 Å². The molecule has 0 radical (unpaired) electrons. The largest absolute Gasteiger partial charge is 0.276 e. The number of halogens is 1. The van der Waals surface area contributed by atoms with Crippen LogP contribution < -0.4 is 0 Å². The number of hydrazone groups is 1. The van der Waals surface area contributed by atoms with Gasteiger partial charge in [-0.05, 0) is 29.7 Å². The van der Waals surface area contributed by atoms with E-state index in [9.17, 15) is 4.79 Å². The summed E-state index contributed by atoms with van der Waals surface area (Å²) in [6, 6.07) is 4.12. The van der Waals surface area contributed by atoms with E-state index in [1.807, 2.05) is 17.8 Å². The van der Waals surface area contributed by atoms with Gasteiger partial charge in [-0.15, -0.1) is 11.8 Å². The van der Waals surface area contributed by atoms with Gasteiger partial charge >= 0.3 is 0 Å². The molecule has 0 saturated carbocycles. The molecule has 3 nitrogen and oxygen atoms in total. The zero-order chi connectivity index (χ0) is 15.4. The second kappa shape index (κ2) is 4.89. The van der Waals surface area contributed by atoms with Crippen molar-refractivity contribution in [3.05, 3.63) is 34.4 Å². The molecule has 0 spiro atoms. The van der Waals surface area contributed by atoms with Gasteiger partial charge in [0.05, 0.1) is 16.8 Å². The zero-order valence-electron chi connectivity index (χ0n) is 12.5. The Morgan fingerprint density at radius 1 is 1.43 bits per heavy atom. The summed E-state index contributed by atoms with van der Waals surface area (Å²) in [6.45, 7) is 6.59. The highest BCUT2D eigenvalue weighted by Crippen LogP contribution is 2.47. The number of likely N-dealkylation sites (N-methyl/N-ethyl adjacent to an activating group) is 1. The van der Waals surface area contributed by atoms with Gasteiger partial charge in [0.15, 0.2) is 0 Å². The van der Waals surface area contributed by atoms with Crippen LogP contribution in [0.4, 0.5) is 0 Å². The molecule has 0 fully saturated rings. The summed E-state index contributed by atoms with van der Waals surface area (Å²) < 4.78 is 0. The molecule has 21 heavy (non-hydrogen) atoms. The molecule has 0 bridgehead atoms. The van der Waals surface area contributed by atoms with Gasteiger partial charge in [-0.3, -0.25) is 4.79 Å². The van der Waals surface area contributed by atoms with Crippen molar-refractivity contribution in [3.8, 4) is 0 Å². The lowest BCUT2D eigenvalue weighted by Crippen LogP contribution is -2.18. The third-order valence-electron chi connectivity index (χ3n) is 4.05. The van der Waals surface area contributed by atoms with Gasteiger partial charge in [-0.2, -0.15) is 5.10 Å². The van der Waals surface area contributed by atoms with E-state index < -0.39 is 0 Å². The number of hydrogen-bond donors (Lipinski definition) is 0. The van der Waals surface area contributed by atoms with E-state index in [4.69, 9.17) is 11.6 Å². The van der Waals surface area contributed by atoms with Crippen molar-refractivity contribution < 1.29 is 4.79 Å². The summed E-state index contributed by atoms with van der Waals surface area (Å²) in [5.41, 5.74) is 4.03. The second-order valence-electron chi connectivity index (χ2n) is 6.08. The number of fused-ring (bicyclic) bond motifs is 1. The van der Waals surface area contributed by atoms with Gasteiger partial charge in [0, 0.05) is 23.1 Å². The molecular weight excluding hydrogens is 304 g/mol. The van der Waals surface area contributed by atoms with Crippen molar-refractivity contribution in [2.24, 2.45) is 5.10 Å². The van der Waals surface area contributed by atoms with Crippen LogP contribution in [0.5, 0.6) is 0 Å². The third-order valence-corrected chi connectivity index (χ3v) is 5.97. The van der Waals surface area contributed by atoms with Crippen LogP contribution in [0, 0.1) is 6.92 Å². The van der Waals surface area contributed by atoms with Gasteiger partial charge < -0.3 is 0 Å². The van der Waals surface area contributed by atoms with Crippen molar-refractivity contribution in [2.75, 3.05) is 12.8 Å². The highest BCUT2D eigenvalue weighted by Gasteiger charge is 2.33. The molecule has 2 heterocycles. The summed E-state index contributed by atoms with van der Waals surface area (Å²) in [6.07, 6.45) is 1.54. The number of benzene rings is 1. The summed E-state index contributed by atoms with van der Waals surface area (Å²) in [7, 11) is 1.63. The van der Waals surface area contributed by atoms with Gasteiger partial charge in [0.2, 0.25) is 0 Å². The highest BCUT2D eigenvalue weighted by atomic mass is 35.5. The van der Waals surface area contributed by atoms with Crippen LogP contribution >= 0.6 is 23.4 Å². The first kappa shape index (κ1) is 14.7. The molecule has 0 aromatic heterocycles. The van der Waals surface area contributed by atoms with Crippen molar-refractivity contribution in [1.82, 2.24) is 5.01 Å². The van der Waals surface area contributed by atoms with Crippen LogP contribution in [0.15, 0.2) is 27.7 Å². The number of hydrogen-bond acceptors (Lipinski definition) is 3. The second-order valence-corrected chi connectivity index (χ2v) is 7.48. The molecule has 0 aliphatic carbocycles. The Morgan fingerprint density at radius 2 is 2.14 bits per heavy atom. The van der Waals surface area contributed by atoms with Gasteiger partial charge in [0.1, 0.15) is 0 Å². The average molecular weight is 321 g/mol. The first-order chi connectivity index (χ1) is 9.83. The molecule has 3 rings (SSSR count). The van der Waals surface area contributed by atoms with Crippen molar-refractivity contribution in [1.29, 1.82) is 0 Å². The lowest BCUT2D eigenvalue weighted by Gasteiger charge is -2.22. The molecule has 0 atom stereocenters. The topological polar surface area (TPSA) is 32.7 Å². The number of amides is 1. The summed E-state index contributed by atoms with van der Waals surface area (Å²) in [4.78, 5) is 13.4. The van der Waals surface area contributed by atoms with Gasteiger partial charge in [-0.25, -0.2) is 5.01 Å². The number of carbonyl (C=O) groups is 1. The Bertz CT molecular complexity index is 706. The minimum absolute atomic E-state index is 0.131. The lowest BCUT2D eigenvalue weighted by atomic mass is 9.82. The maximum atomic E-state index is 12.0. The van der Waals surface area contributed by atoms with E-state index in [0.29, 0.717) is 10.6 Å². The maximum Gasteiger partial charge on any atom is 0.276 e. The predicted octanol–water partition coefficient (Wildman–Crippen LogP) is 3.79. The fourth-order valence-corrected chi connectivity index (χ4v) is 4.67. The molecule has 1 aromatic rings.